The summed E-state index contributed by atoms with van der Waals surface area (Å²) in [7, 11) is 0. The van der Waals surface area contributed by atoms with Crippen molar-refractivity contribution in [2.75, 3.05) is 50.9 Å². The lowest BCUT2D eigenvalue weighted by Crippen LogP contribution is -2.47. The quantitative estimate of drug-likeness (QED) is 0.135. The van der Waals surface area contributed by atoms with Crippen molar-refractivity contribution in [3.05, 3.63) is 52.8 Å². The third kappa shape index (κ3) is 8.57. The molecule has 2 aromatic rings. The number of ether oxygens (including phenoxy) is 1. The number of aromatic nitrogens is 2. The first-order valence-electron chi connectivity index (χ1n) is 11.9. The smallest absolute Gasteiger partial charge is 0.302 e. The molecule has 0 bridgehead atoms. The summed E-state index contributed by atoms with van der Waals surface area (Å²) in [5, 5.41) is 14.9. The van der Waals surface area contributed by atoms with Crippen LogP contribution in [0.3, 0.4) is 0 Å². The van der Waals surface area contributed by atoms with Crippen LogP contribution in [0.5, 0.6) is 0 Å². The highest BCUT2D eigenvalue weighted by Crippen LogP contribution is 2.19. The number of aliphatic hydroxyl groups excluding tert-OH is 1. The number of piperidine rings is 1. The zero-order valence-electron chi connectivity index (χ0n) is 20.6. The van der Waals surface area contributed by atoms with E-state index in [1.54, 1.807) is 0 Å². The normalized spacial score (nSPS) is 14.9. The van der Waals surface area contributed by atoms with Crippen molar-refractivity contribution >= 4 is 40.8 Å². The van der Waals surface area contributed by atoms with Gasteiger partial charge in [0.1, 0.15) is 0 Å². The van der Waals surface area contributed by atoms with Gasteiger partial charge in [0.05, 0.1) is 19.8 Å². The summed E-state index contributed by atoms with van der Waals surface area (Å²) in [6, 6.07) is 8.39. The van der Waals surface area contributed by atoms with Gasteiger partial charge in [-0.1, -0.05) is 42.4 Å². The number of nitrogen functional groups attached to an aromatic ring is 2. The molecule has 1 aromatic carbocycles. The first-order chi connectivity index (χ1) is 17.8. The fourth-order valence-electron chi connectivity index (χ4n) is 3.85. The van der Waals surface area contributed by atoms with Gasteiger partial charge in [0.15, 0.2) is 28.4 Å². The van der Waals surface area contributed by atoms with E-state index in [4.69, 9.17) is 38.6 Å². The Morgan fingerprint density at radius 2 is 1.89 bits per heavy atom. The molecule has 37 heavy (non-hydrogen) atoms. The molecule has 0 aliphatic carbocycles. The van der Waals surface area contributed by atoms with Gasteiger partial charge in [-0.2, -0.15) is 4.99 Å². The largest absolute Gasteiger partial charge is 0.394 e. The minimum absolute atomic E-state index is 0.0121. The molecular formula is C24H34ClN9O3. The van der Waals surface area contributed by atoms with Crippen LogP contribution in [0.25, 0.3) is 5.70 Å². The van der Waals surface area contributed by atoms with Crippen LogP contribution in [0, 0.1) is 0 Å². The number of carbonyl (C=O) groups excluding carboxylic acids is 1. The number of hydrogen-bond donors (Lipinski definition) is 6. The molecular weight excluding hydrogens is 498 g/mol. The van der Waals surface area contributed by atoms with E-state index >= 15 is 0 Å². The minimum Gasteiger partial charge on any atom is -0.394 e. The van der Waals surface area contributed by atoms with E-state index in [2.05, 4.69) is 49.2 Å². The van der Waals surface area contributed by atoms with Crippen LogP contribution in [-0.4, -0.2) is 77.3 Å². The number of aliphatic hydroxyl groups is 1. The van der Waals surface area contributed by atoms with Gasteiger partial charge in [-0.3, -0.25) is 9.69 Å². The molecule has 200 valence electrons. The summed E-state index contributed by atoms with van der Waals surface area (Å²) >= 11 is 5.82. The molecule has 0 unspecified atom stereocenters. The maximum absolute atomic E-state index is 12.4. The third-order valence-electron chi connectivity index (χ3n) is 5.80. The molecule has 0 atom stereocenters. The molecule has 13 heteroatoms. The van der Waals surface area contributed by atoms with Crippen LogP contribution in [0.2, 0.25) is 5.15 Å². The number of guanidine groups is 1. The van der Waals surface area contributed by atoms with Gasteiger partial charge in [0, 0.05) is 37.9 Å². The van der Waals surface area contributed by atoms with Crippen molar-refractivity contribution < 1.29 is 14.6 Å². The Labute approximate surface area is 220 Å². The monoisotopic (exact) mass is 531 g/mol. The van der Waals surface area contributed by atoms with Gasteiger partial charge in [-0.25, -0.2) is 9.97 Å². The van der Waals surface area contributed by atoms with Crippen LogP contribution in [0.4, 0.5) is 11.6 Å². The molecule has 3 rings (SSSR count). The summed E-state index contributed by atoms with van der Waals surface area (Å²) in [5.41, 5.74) is 20.0. The molecule has 1 saturated heterocycles. The molecule has 0 spiro atoms. The number of nitrogens with two attached hydrogens (primary N) is 3. The second kappa shape index (κ2) is 13.7. The Bertz CT molecular complexity index is 1100. The minimum atomic E-state index is -0.745. The number of carbonyl (C=O) groups is 1. The number of nitrogens with zero attached hydrogens (tertiary/aromatic N) is 4. The van der Waals surface area contributed by atoms with Gasteiger partial charge < -0.3 is 37.7 Å². The van der Waals surface area contributed by atoms with Crippen LogP contribution in [0.1, 0.15) is 34.5 Å². The number of nitrogens with one attached hydrogen (secondary N) is 2. The van der Waals surface area contributed by atoms with E-state index < -0.39 is 5.91 Å². The fraction of sp³-hybridized carbons (Fsp3) is 0.417. The zero-order valence-corrected chi connectivity index (χ0v) is 21.4. The lowest BCUT2D eigenvalue weighted by atomic mass is 10.0. The van der Waals surface area contributed by atoms with Crippen molar-refractivity contribution in [2.45, 2.75) is 25.4 Å². The number of anilines is 2. The Morgan fingerprint density at radius 3 is 2.57 bits per heavy atom. The van der Waals surface area contributed by atoms with E-state index in [0.717, 1.165) is 43.7 Å². The van der Waals surface area contributed by atoms with E-state index in [1.165, 1.54) is 5.56 Å². The van der Waals surface area contributed by atoms with E-state index in [0.29, 0.717) is 19.8 Å². The number of aliphatic imine (C=N–C) groups is 1. The van der Waals surface area contributed by atoms with Crippen molar-refractivity contribution in [3.8, 4) is 0 Å². The number of amides is 1. The second-order valence-electron chi connectivity index (χ2n) is 8.57. The van der Waals surface area contributed by atoms with Crippen molar-refractivity contribution in [1.29, 1.82) is 0 Å². The maximum Gasteiger partial charge on any atom is 0.302 e. The summed E-state index contributed by atoms with van der Waals surface area (Å²) in [6.07, 6.45) is 1.69. The average molecular weight is 532 g/mol. The Kier molecular flexibility index (Phi) is 10.4. The number of rotatable bonds is 11. The number of benzene rings is 1. The maximum atomic E-state index is 12.4. The second-order valence-corrected chi connectivity index (χ2v) is 8.93. The molecule has 1 aliphatic rings. The van der Waals surface area contributed by atoms with Gasteiger partial charge in [-0.05, 0) is 24.0 Å². The number of halogens is 1. The Morgan fingerprint density at radius 1 is 1.19 bits per heavy atom. The standard InChI is InChI=1S/C24H34ClN9O3/c1-15(29-8-12-37-13-11-35)17-4-2-16(3-5-17)14-34-9-6-18(7-10-34)30-24(28)33-23(36)19-21(26)32-22(27)20(25)31-19/h2-5,18,29,35H,1,6-14H2,(H4,26,27,32)(H3,28,30,33,36). The SMILES string of the molecule is C=C(NCCOCCO)c1ccc(CN2CCC(N/C(N)=N/C(=O)c3nc(Cl)c(N)nc3N)CC2)cc1. The zero-order chi connectivity index (χ0) is 26.8. The van der Waals surface area contributed by atoms with Crippen molar-refractivity contribution in [2.24, 2.45) is 10.7 Å². The summed E-state index contributed by atoms with van der Waals surface area (Å²) < 4.78 is 5.24. The first kappa shape index (κ1) is 28.1. The Balaban J connectivity index is 1.42. The van der Waals surface area contributed by atoms with Crippen molar-refractivity contribution in [1.82, 2.24) is 25.5 Å². The number of likely N-dealkylation sites (tertiary alicyclic amines) is 1. The van der Waals surface area contributed by atoms with Gasteiger partial charge in [-0.15, -0.1) is 0 Å². The highest BCUT2D eigenvalue weighted by Gasteiger charge is 2.21. The molecule has 1 aliphatic heterocycles. The highest BCUT2D eigenvalue weighted by atomic mass is 35.5. The lowest BCUT2D eigenvalue weighted by molar-refractivity contribution is 0.0956. The average Bonchev–Trinajstić information content (AvgIpc) is 2.87. The van der Waals surface area contributed by atoms with E-state index in [1.807, 2.05) is 12.1 Å². The summed E-state index contributed by atoms with van der Waals surface area (Å²) in [6.45, 7) is 8.14. The van der Waals surface area contributed by atoms with Crippen LogP contribution >= 0.6 is 11.6 Å². The van der Waals surface area contributed by atoms with E-state index in [-0.39, 0.29) is 41.1 Å². The molecule has 2 heterocycles. The molecule has 9 N–H and O–H groups in total. The molecule has 1 fully saturated rings. The van der Waals surface area contributed by atoms with Crippen molar-refractivity contribution in [3.63, 3.8) is 0 Å². The topological polar surface area (TPSA) is 190 Å². The van der Waals surface area contributed by atoms with Crippen LogP contribution < -0.4 is 27.8 Å². The fourth-order valence-corrected chi connectivity index (χ4v) is 3.98. The summed E-state index contributed by atoms with van der Waals surface area (Å²) in [5.74, 6) is -0.977. The highest BCUT2D eigenvalue weighted by molar-refractivity contribution is 6.31. The molecule has 1 amide bonds. The molecule has 12 nitrogen and oxygen atoms in total. The summed E-state index contributed by atoms with van der Waals surface area (Å²) in [4.78, 5) is 26.2. The predicted octanol–water partition coefficient (Wildman–Crippen LogP) is 0.573. The molecule has 0 radical (unpaired) electrons. The molecule has 0 saturated carbocycles. The van der Waals surface area contributed by atoms with Gasteiger partial charge in [0.2, 0.25) is 0 Å². The lowest BCUT2D eigenvalue weighted by Gasteiger charge is -2.32. The molecule has 1 aromatic heterocycles. The first-order valence-corrected chi connectivity index (χ1v) is 12.3. The third-order valence-corrected chi connectivity index (χ3v) is 6.08. The van der Waals surface area contributed by atoms with Gasteiger partial charge >= 0.3 is 5.91 Å². The van der Waals surface area contributed by atoms with Gasteiger partial charge in [0.25, 0.3) is 0 Å². The van der Waals surface area contributed by atoms with E-state index in [9.17, 15) is 4.79 Å². The predicted molar refractivity (Wildman–Crippen MR) is 145 cm³/mol. The number of hydrogen-bond acceptors (Lipinski definition) is 9. The Hall–Kier alpha value is -3.45. The van der Waals surface area contributed by atoms with Crippen LogP contribution in [0.15, 0.2) is 35.8 Å². The van der Waals surface area contributed by atoms with Crippen LogP contribution in [-0.2, 0) is 11.3 Å².